The lowest BCUT2D eigenvalue weighted by atomic mass is 10.0. The largest absolute Gasteiger partial charge is 0.390 e. The highest BCUT2D eigenvalue weighted by Gasteiger charge is 2.27. The summed E-state index contributed by atoms with van der Waals surface area (Å²) in [6.07, 6.45) is 1.67. The minimum atomic E-state index is -4.27. The fourth-order valence-electron chi connectivity index (χ4n) is 3.87. The number of carbonyl (C=O) groups excluding carboxylic acids is 1. The molecule has 5 rings (SSSR count). The number of nitrogens with zero attached hydrogens (tertiary/aromatic N) is 4. The van der Waals surface area contributed by atoms with Crippen molar-refractivity contribution in [3.05, 3.63) is 66.1 Å². The first-order chi connectivity index (χ1) is 16.8. The van der Waals surface area contributed by atoms with Gasteiger partial charge in [-0.2, -0.15) is 18.3 Å². The van der Waals surface area contributed by atoms with E-state index in [0.29, 0.717) is 28.3 Å². The van der Waals surface area contributed by atoms with Crippen LogP contribution in [0.2, 0.25) is 0 Å². The molecule has 1 fully saturated rings. The number of amides is 1. The van der Waals surface area contributed by atoms with Crippen molar-refractivity contribution in [2.24, 2.45) is 0 Å². The molecule has 0 aliphatic heterocycles. The number of aromatic nitrogens is 4. The van der Waals surface area contributed by atoms with Crippen LogP contribution >= 0.6 is 0 Å². The SMILES string of the molecule is Cc1cc(-c2cnc3c(NCCC(F)(F)F)cc(-c4ccncc4)nn23)ccc1C(=O)NC1CC1. The first-order valence-electron chi connectivity index (χ1n) is 11.3. The minimum Gasteiger partial charge on any atom is -0.382 e. The normalized spacial score (nSPS) is 13.7. The molecule has 3 aromatic heterocycles. The van der Waals surface area contributed by atoms with Crippen molar-refractivity contribution in [1.29, 1.82) is 0 Å². The number of pyridine rings is 1. The molecule has 0 unspecified atom stereocenters. The van der Waals surface area contributed by atoms with Gasteiger partial charge in [0.05, 0.1) is 29.7 Å². The molecule has 1 amide bonds. The summed E-state index contributed by atoms with van der Waals surface area (Å²) in [5, 5.41) is 10.6. The molecule has 1 aliphatic carbocycles. The Kier molecular flexibility index (Phi) is 5.88. The number of alkyl halides is 3. The van der Waals surface area contributed by atoms with Crippen LogP contribution in [0.25, 0.3) is 28.2 Å². The van der Waals surface area contributed by atoms with Crippen molar-refractivity contribution < 1.29 is 18.0 Å². The van der Waals surface area contributed by atoms with Gasteiger partial charge in [0.1, 0.15) is 0 Å². The second kappa shape index (κ2) is 9.01. The number of benzene rings is 1. The van der Waals surface area contributed by atoms with Gasteiger partial charge in [-0.1, -0.05) is 6.07 Å². The molecule has 0 atom stereocenters. The summed E-state index contributed by atoms with van der Waals surface area (Å²) in [5.74, 6) is -0.0936. The molecular formula is C25H23F3N6O. The van der Waals surface area contributed by atoms with Gasteiger partial charge in [0.2, 0.25) is 0 Å². The van der Waals surface area contributed by atoms with Gasteiger partial charge in [0, 0.05) is 41.7 Å². The van der Waals surface area contributed by atoms with Crippen molar-refractivity contribution >= 4 is 17.2 Å². The number of nitrogens with one attached hydrogen (secondary N) is 2. The highest BCUT2D eigenvalue weighted by atomic mass is 19.4. The highest BCUT2D eigenvalue weighted by molar-refractivity contribution is 5.96. The third-order valence-electron chi connectivity index (χ3n) is 5.85. The first kappa shape index (κ1) is 22.8. The molecule has 1 aromatic carbocycles. The fourth-order valence-corrected chi connectivity index (χ4v) is 3.87. The van der Waals surface area contributed by atoms with E-state index in [1.807, 2.05) is 19.1 Å². The number of hydrogen-bond donors (Lipinski definition) is 2. The topological polar surface area (TPSA) is 84.2 Å². The average Bonchev–Trinajstić information content (AvgIpc) is 3.53. The Morgan fingerprint density at radius 1 is 1.11 bits per heavy atom. The maximum atomic E-state index is 12.7. The van der Waals surface area contributed by atoms with Crippen LogP contribution in [0.5, 0.6) is 0 Å². The summed E-state index contributed by atoms with van der Waals surface area (Å²) in [4.78, 5) is 21.0. The Hall–Kier alpha value is -3.95. The van der Waals surface area contributed by atoms with Crippen molar-refractivity contribution in [3.63, 3.8) is 0 Å². The van der Waals surface area contributed by atoms with Gasteiger partial charge in [0.25, 0.3) is 5.91 Å². The van der Waals surface area contributed by atoms with Crippen LogP contribution in [0.4, 0.5) is 18.9 Å². The smallest absolute Gasteiger partial charge is 0.382 e. The van der Waals surface area contributed by atoms with Crippen LogP contribution in [-0.4, -0.2) is 44.3 Å². The summed E-state index contributed by atoms with van der Waals surface area (Å²) in [6.45, 7) is 1.58. The summed E-state index contributed by atoms with van der Waals surface area (Å²) >= 11 is 0. The Balaban J connectivity index is 1.54. The number of halogens is 3. The van der Waals surface area contributed by atoms with E-state index < -0.39 is 12.6 Å². The van der Waals surface area contributed by atoms with E-state index >= 15 is 0 Å². The van der Waals surface area contributed by atoms with Gasteiger partial charge in [-0.05, 0) is 55.7 Å². The highest BCUT2D eigenvalue weighted by Crippen LogP contribution is 2.30. The zero-order chi connectivity index (χ0) is 24.6. The molecule has 180 valence electrons. The van der Waals surface area contributed by atoms with Gasteiger partial charge in [0.15, 0.2) is 5.65 Å². The monoisotopic (exact) mass is 480 g/mol. The second-order valence-corrected chi connectivity index (χ2v) is 8.63. The molecular weight excluding hydrogens is 457 g/mol. The Morgan fingerprint density at radius 3 is 2.57 bits per heavy atom. The van der Waals surface area contributed by atoms with Crippen molar-refractivity contribution in [1.82, 2.24) is 24.9 Å². The van der Waals surface area contributed by atoms with Gasteiger partial charge in [-0.15, -0.1) is 0 Å². The summed E-state index contributed by atoms with van der Waals surface area (Å²) in [6, 6.07) is 11.0. The van der Waals surface area contributed by atoms with Crippen molar-refractivity contribution in [2.75, 3.05) is 11.9 Å². The lowest BCUT2D eigenvalue weighted by Gasteiger charge is -2.13. The summed E-state index contributed by atoms with van der Waals surface area (Å²) < 4.78 is 39.8. The minimum absolute atomic E-state index is 0.0936. The Morgan fingerprint density at radius 2 is 1.89 bits per heavy atom. The third-order valence-corrected chi connectivity index (χ3v) is 5.85. The van der Waals surface area contributed by atoms with Crippen LogP contribution < -0.4 is 10.6 Å². The molecule has 3 heterocycles. The third kappa shape index (κ3) is 5.11. The number of imidazole rings is 1. The quantitative estimate of drug-likeness (QED) is 0.388. The zero-order valence-electron chi connectivity index (χ0n) is 18.9. The van der Waals surface area contributed by atoms with Gasteiger partial charge in [-0.3, -0.25) is 9.78 Å². The van der Waals surface area contributed by atoms with Crippen LogP contribution in [0, 0.1) is 6.92 Å². The number of fused-ring (bicyclic) bond motifs is 1. The lowest BCUT2D eigenvalue weighted by Crippen LogP contribution is -2.26. The molecule has 2 N–H and O–H groups in total. The molecule has 10 heteroatoms. The van der Waals surface area contributed by atoms with E-state index in [1.54, 1.807) is 47.4 Å². The maximum absolute atomic E-state index is 12.7. The number of anilines is 1. The molecule has 0 spiro atoms. The number of carbonyl (C=O) groups is 1. The van der Waals surface area contributed by atoms with E-state index in [1.165, 1.54) is 0 Å². The van der Waals surface area contributed by atoms with Crippen LogP contribution in [-0.2, 0) is 0 Å². The van der Waals surface area contributed by atoms with Crippen LogP contribution in [0.1, 0.15) is 35.2 Å². The number of hydrogen-bond acceptors (Lipinski definition) is 5. The van der Waals surface area contributed by atoms with Crippen LogP contribution in [0.15, 0.2) is 55.0 Å². The standard InChI is InChI=1S/C25H23F3N6O/c1-15-12-17(2-5-19(15)24(35)32-18-3-4-18)22-14-31-23-21(30-11-8-25(26,27)28)13-20(33-34(22)23)16-6-9-29-10-7-16/h2,5-7,9-10,12-14,18,30H,3-4,8,11H2,1H3,(H,32,35). The molecule has 0 radical (unpaired) electrons. The second-order valence-electron chi connectivity index (χ2n) is 8.63. The van der Waals surface area contributed by atoms with Gasteiger partial charge < -0.3 is 10.6 Å². The fraction of sp³-hybridized carbons (Fsp3) is 0.280. The molecule has 7 nitrogen and oxygen atoms in total. The van der Waals surface area contributed by atoms with E-state index in [9.17, 15) is 18.0 Å². The Labute approximate surface area is 199 Å². The molecule has 1 aliphatic rings. The van der Waals surface area contributed by atoms with E-state index in [2.05, 4.69) is 20.6 Å². The number of rotatable bonds is 7. The van der Waals surface area contributed by atoms with Gasteiger partial charge in [-0.25, -0.2) is 9.50 Å². The Bertz CT molecular complexity index is 1380. The molecule has 0 saturated heterocycles. The average molecular weight is 480 g/mol. The summed E-state index contributed by atoms with van der Waals surface area (Å²) in [7, 11) is 0. The van der Waals surface area contributed by atoms with Gasteiger partial charge >= 0.3 is 6.18 Å². The summed E-state index contributed by atoms with van der Waals surface area (Å²) in [5.41, 5.74) is 5.05. The maximum Gasteiger partial charge on any atom is 0.390 e. The molecule has 1 saturated carbocycles. The van der Waals surface area contributed by atoms with E-state index in [4.69, 9.17) is 5.10 Å². The predicted molar refractivity (Wildman–Crippen MR) is 126 cm³/mol. The molecule has 35 heavy (non-hydrogen) atoms. The zero-order valence-corrected chi connectivity index (χ0v) is 18.9. The van der Waals surface area contributed by atoms with Crippen molar-refractivity contribution in [2.45, 2.75) is 38.4 Å². The van der Waals surface area contributed by atoms with Crippen molar-refractivity contribution in [3.8, 4) is 22.5 Å². The molecule has 0 bridgehead atoms. The van der Waals surface area contributed by atoms with E-state index in [-0.39, 0.29) is 18.5 Å². The molecule has 4 aromatic rings. The lowest BCUT2D eigenvalue weighted by molar-refractivity contribution is -0.131. The van der Waals surface area contributed by atoms with E-state index in [0.717, 1.165) is 29.5 Å². The predicted octanol–water partition coefficient (Wildman–Crippen LogP) is 5.02. The first-order valence-corrected chi connectivity index (χ1v) is 11.3. The number of aryl methyl sites for hydroxylation is 1. The van der Waals surface area contributed by atoms with Crippen LogP contribution in [0.3, 0.4) is 0 Å².